The molecule has 0 radical (unpaired) electrons. The number of halogens is 1. The minimum atomic E-state index is -0.316. The number of aromatic nitrogens is 4. The van der Waals surface area contributed by atoms with Gasteiger partial charge in [-0.05, 0) is 30.7 Å². The summed E-state index contributed by atoms with van der Waals surface area (Å²) in [6, 6.07) is 5.91. The molecule has 1 fully saturated rings. The van der Waals surface area contributed by atoms with Crippen LogP contribution in [-0.2, 0) is 11.2 Å². The second-order valence-electron chi connectivity index (χ2n) is 7.16. The van der Waals surface area contributed by atoms with Gasteiger partial charge in [-0.1, -0.05) is 5.16 Å². The van der Waals surface area contributed by atoms with E-state index in [1.54, 1.807) is 31.6 Å². The average molecular weight is 426 g/mol. The molecule has 0 atom stereocenters. The van der Waals surface area contributed by atoms with Crippen molar-refractivity contribution in [1.82, 2.24) is 25.0 Å². The standard InChI is InChI=1S/C21H23FN6O3/c1-30-19-14-23-13-17(24-19)27-9-11-28(12-10-27)20(29)4-2-3-18-25-21(26-31-18)15-5-7-16(22)8-6-15/h5-8,13-14H,2-4,9-12H2,1H3. The number of carbonyl (C=O) groups is 1. The van der Waals surface area contributed by atoms with Crippen molar-refractivity contribution in [3.63, 3.8) is 0 Å². The van der Waals surface area contributed by atoms with E-state index in [1.807, 2.05) is 4.90 Å². The Morgan fingerprint density at radius 2 is 1.90 bits per heavy atom. The summed E-state index contributed by atoms with van der Waals surface area (Å²) in [4.78, 5) is 29.3. The van der Waals surface area contributed by atoms with Gasteiger partial charge in [-0.25, -0.2) is 4.39 Å². The van der Waals surface area contributed by atoms with Crippen LogP contribution in [0.4, 0.5) is 10.2 Å². The molecule has 0 bridgehead atoms. The maximum absolute atomic E-state index is 13.0. The zero-order valence-electron chi connectivity index (χ0n) is 17.2. The summed E-state index contributed by atoms with van der Waals surface area (Å²) in [5.41, 5.74) is 0.686. The number of nitrogens with zero attached hydrogens (tertiary/aromatic N) is 6. The number of hydrogen-bond acceptors (Lipinski definition) is 8. The monoisotopic (exact) mass is 426 g/mol. The minimum Gasteiger partial charge on any atom is -0.480 e. The molecule has 0 spiro atoms. The molecule has 0 saturated carbocycles. The Morgan fingerprint density at radius 1 is 1.13 bits per heavy atom. The maximum Gasteiger partial charge on any atom is 0.233 e. The Labute approximate surface area is 178 Å². The molecule has 1 aliphatic heterocycles. The molecule has 9 nitrogen and oxygen atoms in total. The van der Waals surface area contributed by atoms with Crippen LogP contribution in [0.2, 0.25) is 0 Å². The van der Waals surface area contributed by atoms with E-state index < -0.39 is 0 Å². The summed E-state index contributed by atoms with van der Waals surface area (Å²) in [6.45, 7) is 2.65. The molecule has 3 heterocycles. The van der Waals surface area contributed by atoms with Crippen LogP contribution >= 0.6 is 0 Å². The van der Waals surface area contributed by atoms with Gasteiger partial charge in [0, 0.05) is 44.6 Å². The van der Waals surface area contributed by atoms with Gasteiger partial charge in [0.05, 0.1) is 19.5 Å². The van der Waals surface area contributed by atoms with Crippen molar-refractivity contribution in [3.8, 4) is 17.3 Å². The van der Waals surface area contributed by atoms with Gasteiger partial charge in [0.2, 0.25) is 23.5 Å². The highest BCUT2D eigenvalue weighted by Crippen LogP contribution is 2.18. The molecule has 3 aromatic rings. The van der Waals surface area contributed by atoms with E-state index in [2.05, 4.69) is 25.0 Å². The first-order valence-corrected chi connectivity index (χ1v) is 10.1. The molecule has 1 saturated heterocycles. The van der Waals surface area contributed by atoms with Crippen molar-refractivity contribution >= 4 is 11.7 Å². The number of benzene rings is 1. The van der Waals surface area contributed by atoms with Crippen LogP contribution in [0.5, 0.6) is 5.88 Å². The number of methoxy groups -OCH3 is 1. The normalized spacial score (nSPS) is 14.0. The molecule has 10 heteroatoms. The molecule has 1 aromatic carbocycles. The SMILES string of the molecule is COc1cncc(N2CCN(C(=O)CCCc3nc(-c4ccc(F)cc4)no3)CC2)n1. The Hall–Kier alpha value is -3.56. The predicted molar refractivity (Wildman–Crippen MR) is 110 cm³/mol. The lowest BCUT2D eigenvalue weighted by molar-refractivity contribution is -0.131. The molecule has 1 amide bonds. The molecular formula is C21H23FN6O3. The second kappa shape index (κ2) is 9.50. The first-order chi connectivity index (χ1) is 15.1. The molecule has 0 N–H and O–H groups in total. The molecule has 31 heavy (non-hydrogen) atoms. The van der Waals surface area contributed by atoms with Crippen LogP contribution in [0, 0.1) is 5.82 Å². The molecule has 1 aliphatic rings. The van der Waals surface area contributed by atoms with Crippen molar-refractivity contribution in [3.05, 3.63) is 48.4 Å². The number of amides is 1. The zero-order chi connectivity index (χ0) is 21.6. The first-order valence-electron chi connectivity index (χ1n) is 10.1. The van der Waals surface area contributed by atoms with Crippen LogP contribution in [-0.4, -0.2) is 64.2 Å². The van der Waals surface area contributed by atoms with Crippen LogP contribution in [0.15, 0.2) is 41.2 Å². The highest BCUT2D eigenvalue weighted by molar-refractivity contribution is 5.76. The third kappa shape index (κ3) is 5.14. The molecule has 0 unspecified atom stereocenters. The van der Waals surface area contributed by atoms with Crippen LogP contribution in [0.1, 0.15) is 18.7 Å². The van der Waals surface area contributed by atoms with E-state index >= 15 is 0 Å². The predicted octanol–water partition coefficient (Wildman–Crippen LogP) is 2.35. The topological polar surface area (TPSA) is 97.5 Å². The van der Waals surface area contributed by atoms with Gasteiger partial charge < -0.3 is 19.1 Å². The van der Waals surface area contributed by atoms with Crippen molar-refractivity contribution in [2.45, 2.75) is 19.3 Å². The van der Waals surface area contributed by atoms with Gasteiger partial charge in [-0.2, -0.15) is 9.97 Å². The van der Waals surface area contributed by atoms with Gasteiger partial charge in [0.1, 0.15) is 5.82 Å². The van der Waals surface area contributed by atoms with Gasteiger partial charge >= 0.3 is 0 Å². The number of anilines is 1. The third-order valence-corrected chi connectivity index (χ3v) is 5.12. The average Bonchev–Trinajstić information content (AvgIpc) is 3.28. The van der Waals surface area contributed by atoms with Crippen molar-refractivity contribution in [1.29, 1.82) is 0 Å². The van der Waals surface area contributed by atoms with Crippen molar-refractivity contribution in [2.24, 2.45) is 0 Å². The minimum absolute atomic E-state index is 0.106. The van der Waals surface area contributed by atoms with Crippen LogP contribution in [0.25, 0.3) is 11.4 Å². The number of piperazine rings is 1. The largest absolute Gasteiger partial charge is 0.480 e. The van der Waals surface area contributed by atoms with Crippen LogP contribution in [0.3, 0.4) is 0 Å². The van der Waals surface area contributed by atoms with E-state index in [1.165, 1.54) is 12.1 Å². The summed E-state index contributed by atoms with van der Waals surface area (Å²) >= 11 is 0. The number of aryl methyl sites for hydroxylation is 1. The third-order valence-electron chi connectivity index (χ3n) is 5.12. The Balaban J connectivity index is 1.22. The van der Waals surface area contributed by atoms with Gasteiger partial charge in [0.25, 0.3) is 0 Å². The van der Waals surface area contributed by atoms with Crippen molar-refractivity contribution in [2.75, 3.05) is 38.2 Å². The summed E-state index contributed by atoms with van der Waals surface area (Å²) in [7, 11) is 1.56. The summed E-state index contributed by atoms with van der Waals surface area (Å²) in [5.74, 6) is 1.89. The lowest BCUT2D eigenvalue weighted by atomic mass is 10.2. The number of carbonyl (C=O) groups excluding carboxylic acids is 1. The summed E-state index contributed by atoms with van der Waals surface area (Å²) < 4.78 is 23.4. The highest BCUT2D eigenvalue weighted by Gasteiger charge is 2.22. The lowest BCUT2D eigenvalue weighted by Crippen LogP contribution is -2.49. The number of rotatable bonds is 7. The number of hydrogen-bond donors (Lipinski definition) is 0. The maximum atomic E-state index is 13.0. The fraction of sp³-hybridized carbons (Fsp3) is 0.381. The van der Waals surface area contributed by atoms with Gasteiger partial charge in [0.15, 0.2) is 5.82 Å². The van der Waals surface area contributed by atoms with E-state index in [0.29, 0.717) is 68.6 Å². The van der Waals surface area contributed by atoms with E-state index in [-0.39, 0.29) is 11.7 Å². The molecule has 0 aliphatic carbocycles. The lowest BCUT2D eigenvalue weighted by Gasteiger charge is -2.35. The zero-order valence-corrected chi connectivity index (χ0v) is 17.2. The Bertz CT molecular complexity index is 1020. The van der Waals surface area contributed by atoms with E-state index in [9.17, 15) is 9.18 Å². The van der Waals surface area contributed by atoms with Crippen molar-refractivity contribution < 1.29 is 18.4 Å². The molecule has 4 rings (SSSR count). The van der Waals surface area contributed by atoms with Gasteiger partial charge in [-0.15, -0.1) is 0 Å². The van der Waals surface area contributed by atoms with E-state index in [0.717, 1.165) is 5.82 Å². The Kier molecular flexibility index (Phi) is 6.34. The fourth-order valence-corrected chi connectivity index (χ4v) is 3.40. The highest BCUT2D eigenvalue weighted by atomic mass is 19.1. The molecular weight excluding hydrogens is 403 g/mol. The number of ether oxygens (including phenoxy) is 1. The smallest absolute Gasteiger partial charge is 0.233 e. The molecule has 2 aromatic heterocycles. The summed E-state index contributed by atoms with van der Waals surface area (Å²) in [5, 5.41) is 3.92. The second-order valence-corrected chi connectivity index (χ2v) is 7.16. The first kappa shape index (κ1) is 20.7. The fourth-order valence-electron chi connectivity index (χ4n) is 3.40. The Morgan fingerprint density at radius 3 is 2.65 bits per heavy atom. The molecule has 162 valence electrons. The van der Waals surface area contributed by atoms with E-state index in [4.69, 9.17) is 9.26 Å². The summed E-state index contributed by atoms with van der Waals surface area (Å²) in [6.07, 6.45) is 4.80. The van der Waals surface area contributed by atoms with Crippen LogP contribution < -0.4 is 9.64 Å². The quantitative estimate of drug-likeness (QED) is 0.568. The van der Waals surface area contributed by atoms with Gasteiger partial charge in [-0.3, -0.25) is 9.78 Å².